The molecule has 2 saturated heterocycles. The first-order valence-corrected chi connectivity index (χ1v) is 11.8. The van der Waals surface area contributed by atoms with E-state index in [9.17, 15) is 4.79 Å². The number of carbonyl (C=O) groups is 1. The van der Waals surface area contributed by atoms with E-state index in [1.165, 1.54) is 6.20 Å². The Bertz CT molecular complexity index is 1240. The highest BCUT2D eigenvalue weighted by Crippen LogP contribution is 2.37. The van der Waals surface area contributed by atoms with E-state index in [0.717, 1.165) is 19.3 Å². The van der Waals surface area contributed by atoms with Crippen molar-refractivity contribution in [2.45, 2.75) is 50.0 Å². The second kappa shape index (κ2) is 9.13. The Labute approximate surface area is 201 Å². The summed E-state index contributed by atoms with van der Waals surface area (Å²) >= 11 is 0. The number of nitrogens with zero attached hydrogens (tertiary/aromatic N) is 6. The topological polar surface area (TPSA) is 112 Å². The number of amides is 1. The molecular formula is C24H25N7O4. The molecular weight excluding hydrogens is 450 g/mol. The van der Waals surface area contributed by atoms with Gasteiger partial charge in [0.1, 0.15) is 11.9 Å². The number of hydrogen-bond donors (Lipinski definition) is 1. The number of hydrogen-bond acceptors (Lipinski definition) is 8. The van der Waals surface area contributed by atoms with Crippen molar-refractivity contribution in [3.8, 4) is 17.1 Å². The molecule has 11 nitrogen and oxygen atoms in total. The summed E-state index contributed by atoms with van der Waals surface area (Å²) in [5, 5.41) is 11.4. The highest BCUT2D eigenvalue weighted by Gasteiger charge is 2.42. The van der Waals surface area contributed by atoms with E-state index in [1.54, 1.807) is 29.1 Å². The molecule has 4 heterocycles. The summed E-state index contributed by atoms with van der Waals surface area (Å²) in [7, 11) is 0. The molecule has 1 saturated carbocycles. The molecule has 180 valence electrons. The van der Waals surface area contributed by atoms with Gasteiger partial charge in [-0.15, -0.1) is 5.10 Å². The Hall–Kier alpha value is -3.75. The molecule has 2 aliphatic heterocycles. The fourth-order valence-electron chi connectivity index (χ4n) is 4.64. The van der Waals surface area contributed by atoms with Crippen molar-refractivity contribution in [1.82, 2.24) is 30.2 Å². The number of rotatable bonds is 8. The van der Waals surface area contributed by atoms with Crippen molar-refractivity contribution in [3.05, 3.63) is 54.1 Å². The van der Waals surface area contributed by atoms with Gasteiger partial charge >= 0.3 is 5.91 Å². The van der Waals surface area contributed by atoms with Crippen molar-refractivity contribution >= 4 is 11.6 Å². The summed E-state index contributed by atoms with van der Waals surface area (Å²) in [6, 6.07) is 5.62. The molecule has 0 bridgehead atoms. The first-order chi connectivity index (χ1) is 17.2. The van der Waals surface area contributed by atoms with Crippen molar-refractivity contribution in [3.63, 3.8) is 0 Å². The lowest BCUT2D eigenvalue weighted by atomic mass is 10.1. The average Bonchev–Trinajstić information content (AvgIpc) is 3.23. The van der Waals surface area contributed by atoms with Crippen LogP contribution in [0.4, 0.5) is 5.69 Å². The van der Waals surface area contributed by atoms with Gasteiger partial charge in [0.25, 0.3) is 5.89 Å². The van der Waals surface area contributed by atoms with E-state index in [-0.39, 0.29) is 36.0 Å². The van der Waals surface area contributed by atoms with Crippen LogP contribution in [0.2, 0.25) is 0 Å². The van der Waals surface area contributed by atoms with Crippen LogP contribution in [-0.2, 0) is 11.3 Å². The molecule has 1 aliphatic carbocycles. The molecule has 2 aromatic heterocycles. The molecule has 0 spiro atoms. The van der Waals surface area contributed by atoms with E-state index >= 15 is 0 Å². The predicted octanol–water partition coefficient (Wildman–Crippen LogP) is 2.30. The molecule has 3 fully saturated rings. The van der Waals surface area contributed by atoms with Crippen molar-refractivity contribution in [2.24, 2.45) is 0 Å². The number of aromatic nitrogens is 4. The fraction of sp³-hybridized carbons (Fsp3) is 0.458. The summed E-state index contributed by atoms with van der Waals surface area (Å²) in [6.07, 6.45) is 7.79. The highest BCUT2D eigenvalue weighted by atomic mass is 16.6. The standard InChI is InChI=1S/C24H25N7O4/c1-25-15-2-5-21(34-19-13-33-14-19)20(9-15)22-11-27-23(35-22)24(32)31(17-3-4-17)18-8-16(26-10-18)12-30-7-6-28-29-30/h2,5-7,9,11,16-19,26H,3-4,8,10,12-14H2/t16-,18+/m0/s1. The van der Waals surface area contributed by atoms with Gasteiger partial charge in [0, 0.05) is 30.9 Å². The maximum atomic E-state index is 13.5. The number of oxazole rings is 1. The van der Waals surface area contributed by atoms with Crippen LogP contribution in [-0.4, -0.2) is 74.8 Å². The summed E-state index contributed by atoms with van der Waals surface area (Å²) in [5.41, 5.74) is 1.06. The van der Waals surface area contributed by atoms with E-state index in [2.05, 4.69) is 25.5 Å². The second-order valence-electron chi connectivity index (χ2n) is 9.16. The first-order valence-electron chi connectivity index (χ1n) is 11.8. The summed E-state index contributed by atoms with van der Waals surface area (Å²) in [6.45, 7) is 9.82. The van der Waals surface area contributed by atoms with Crippen molar-refractivity contribution in [1.29, 1.82) is 0 Å². The Balaban J connectivity index is 1.21. The zero-order valence-corrected chi connectivity index (χ0v) is 19.0. The zero-order chi connectivity index (χ0) is 23.8. The summed E-state index contributed by atoms with van der Waals surface area (Å²) < 4.78 is 19.0. The van der Waals surface area contributed by atoms with Crippen LogP contribution in [0.25, 0.3) is 16.2 Å². The van der Waals surface area contributed by atoms with Crippen LogP contribution in [0.1, 0.15) is 29.9 Å². The van der Waals surface area contributed by atoms with Crippen LogP contribution in [0, 0.1) is 6.57 Å². The molecule has 3 aliphatic rings. The Morgan fingerprint density at radius 2 is 2.20 bits per heavy atom. The smallest absolute Gasteiger partial charge is 0.310 e. The monoisotopic (exact) mass is 475 g/mol. The van der Waals surface area contributed by atoms with E-state index < -0.39 is 0 Å². The van der Waals surface area contributed by atoms with Gasteiger partial charge in [0.2, 0.25) is 0 Å². The third kappa shape index (κ3) is 4.50. The first kappa shape index (κ1) is 21.8. The van der Waals surface area contributed by atoms with Gasteiger partial charge in [-0.05, 0) is 31.4 Å². The largest absolute Gasteiger partial charge is 0.485 e. The molecule has 35 heavy (non-hydrogen) atoms. The Kier molecular flexibility index (Phi) is 5.67. The van der Waals surface area contributed by atoms with Crippen LogP contribution in [0.15, 0.2) is 41.2 Å². The SMILES string of the molecule is [C-]#[N+]c1ccc(OC2COC2)c(-c2cnc(C(=O)N(C3CC3)[C@H]3CN[C@H](Cn4ccnn4)C3)o2)c1. The zero-order valence-electron chi connectivity index (χ0n) is 19.0. The second-order valence-corrected chi connectivity index (χ2v) is 9.16. The molecule has 1 N–H and O–H groups in total. The molecule has 1 amide bonds. The highest BCUT2D eigenvalue weighted by molar-refractivity contribution is 5.91. The van der Waals surface area contributed by atoms with Crippen molar-refractivity contribution < 1.29 is 18.7 Å². The lowest BCUT2D eigenvalue weighted by Crippen LogP contribution is -2.43. The molecule has 11 heteroatoms. The van der Waals surface area contributed by atoms with Crippen LogP contribution < -0.4 is 10.1 Å². The van der Waals surface area contributed by atoms with Gasteiger partial charge < -0.3 is 24.1 Å². The molecule has 1 aromatic carbocycles. The number of ether oxygens (including phenoxy) is 2. The molecule has 0 radical (unpaired) electrons. The van der Waals surface area contributed by atoms with Gasteiger partial charge in [-0.1, -0.05) is 11.3 Å². The third-order valence-corrected chi connectivity index (χ3v) is 6.59. The molecule has 6 rings (SSSR count). The van der Waals surface area contributed by atoms with Gasteiger partial charge in [-0.2, -0.15) is 0 Å². The van der Waals surface area contributed by atoms with Crippen LogP contribution in [0.3, 0.4) is 0 Å². The van der Waals surface area contributed by atoms with E-state index in [0.29, 0.717) is 49.1 Å². The third-order valence-electron chi connectivity index (χ3n) is 6.59. The number of carbonyl (C=O) groups excluding carboxylic acids is 1. The minimum absolute atomic E-state index is 0.0396. The van der Waals surface area contributed by atoms with E-state index in [4.69, 9.17) is 20.5 Å². The van der Waals surface area contributed by atoms with Gasteiger partial charge in [-0.25, -0.2) is 9.83 Å². The maximum Gasteiger partial charge on any atom is 0.310 e. The molecule has 3 aromatic rings. The van der Waals surface area contributed by atoms with Gasteiger partial charge in [0.05, 0.1) is 44.3 Å². The number of benzene rings is 1. The lowest BCUT2D eigenvalue weighted by Gasteiger charge is -2.28. The lowest BCUT2D eigenvalue weighted by molar-refractivity contribution is -0.0794. The summed E-state index contributed by atoms with van der Waals surface area (Å²) in [5.74, 6) is 0.829. The maximum absolute atomic E-state index is 13.5. The average molecular weight is 476 g/mol. The summed E-state index contributed by atoms with van der Waals surface area (Å²) in [4.78, 5) is 23.3. The molecule has 2 atom stereocenters. The van der Waals surface area contributed by atoms with Crippen LogP contribution in [0.5, 0.6) is 5.75 Å². The normalized spacial score (nSPS) is 21.9. The minimum atomic E-state index is -0.205. The minimum Gasteiger partial charge on any atom is -0.485 e. The van der Waals surface area contributed by atoms with E-state index in [1.807, 2.05) is 11.1 Å². The van der Waals surface area contributed by atoms with Gasteiger partial charge in [-0.3, -0.25) is 9.48 Å². The van der Waals surface area contributed by atoms with Crippen molar-refractivity contribution in [2.75, 3.05) is 19.8 Å². The Morgan fingerprint density at radius 1 is 1.31 bits per heavy atom. The van der Waals surface area contributed by atoms with Crippen LogP contribution >= 0.6 is 0 Å². The number of nitrogens with one attached hydrogen (secondary N) is 1. The molecule has 0 unspecified atom stereocenters. The predicted molar refractivity (Wildman–Crippen MR) is 123 cm³/mol. The Morgan fingerprint density at radius 3 is 2.91 bits per heavy atom. The quantitative estimate of drug-likeness (QED) is 0.494. The van der Waals surface area contributed by atoms with Gasteiger partial charge in [0.15, 0.2) is 11.4 Å². The fourth-order valence-corrected chi connectivity index (χ4v) is 4.64.